The molecule has 0 saturated heterocycles. The van der Waals surface area contributed by atoms with Crippen LogP contribution in [0.3, 0.4) is 0 Å². The van der Waals surface area contributed by atoms with E-state index in [1.807, 2.05) is 6.07 Å². The molecule has 0 radical (unpaired) electrons. The van der Waals surface area contributed by atoms with Crippen molar-refractivity contribution in [3.8, 4) is 11.9 Å². The molecule has 12 heavy (non-hydrogen) atoms. The Hall–Kier alpha value is -1.27. The summed E-state index contributed by atoms with van der Waals surface area (Å²) in [5.41, 5.74) is 1.06. The lowest BCUT2D eigenvalue weighted by Gasteiger charge is -2.03. The molecule has 0 aliphatic rings. The van der Waals surface area contributed by atoms with Gasteiger partial charge in [0.25, 0.3) is 0 Å². The molecule has 0 atom stereocenters. The maximum atomic E-state index is 8.70. The number of nitrogens with zero attached hydrogens (tertiary/aromatic N) is 2. The van der Waals surface area contributed by atoms with Crippen molar-refractivity contribution in [3.05, 3.63) is 22.3 Å². The Bertz CT molecular complexity index is 344. The summed E-state index contributed by atoms with van der Waals surface area (Å²) >= 11 is 5.83. The number of hydrogen-bond donors (Lipinski definition) is 0. The van der Waals surface area contributed by atoms with Gasteiger partial charge in [-0.15, -0.1) is 0 Å². The topological polar surface area (TPSA) is 45.9 Å². The van der Waals surface area contributed by atoms with E-state index in [0.29, 0.717) is 10.6 Å². The summed E-state index contributed by atoms with van der Waals surface area (Å²) in [6, 6.07) is 1.94. The van der Waals surface area contributed by atoms with E-state index in [4.69, 9.17) is 21.6 Å². The third kappa shape index (κ3) is 1.34. The van der Waals surface area contributed by atoms with E-state index in [2.05, 4.69) is 4.98 Å². The molecule has 3 nitrogen and oxygen atoms in total. The lowest BCUT2D eigenvalue weighted by molar-refractivity contribution is 0.396. The first kappa shape index (κ1) is 8.82. The number of pyridine rings is 1. The number of halogens is 1. The monoisotopic (exact) mass is 182 g/mol. The largest absolute Gasteiger partial charge is 0.480 e. The third-order valence-electron chi connectivity index (χ3n) is 1.46. The molecule has 4 heteroatoms. The maximum Gasteiger partial charge on any atom is 0.232 e. The molecule has 0 spiro atoms. The molecule has 1 heterocycles. The second kappa shape index (κ2) is 3.42. The quantitative estimate of drug-likeness (QED) is 0.667. The highest BCUT2D eigenvalue weighted by Gasteiger charge is 2.10. The molecule has 1 rings (SSSR count). The van der Waals surface area contributed by atoms with Gasteiger partial charge in [-0.1, -0.05) is 11.6 Å². The van der Waals surface area contributed by atoms with Crippen molar-refractivity contribution in [3.63, 3.8) is 0 Å². The van der Waals surface area contributed by atoms with Crippen LogP contribution in [-0.4, -0.2) is 12.1 Å². The molecular formula is C8H7ClN2O. The number of methoxy groups -OCH3 is 1. The predicted octanol–water partition coefficient (Wildman–Crippen LogP) is 1.92. The summed E-state index contributed by atoms with van der Waals surface area (Å²) in [7, 11) is 1.45. The molecule has 62 valence electrons. The minimum atomic E-state index is 0.271. The van der Waals surface area contributed by atoms with Crippen LogP contribution in [0.2, 0.25) is 5.02 Å². The fourth-order valence-electron chi connectivity index (χ4n) is 0.819. The standard InChI is InChI=1S/C8H7ClN2O/c1-5-4-11-8(12-2)6(3-10)7(5)9/h4H,1-2H3. The minimum Gasteiger partial charge on any atom is -0.480 e. The zero-order valence-corrected chi connectivity index (χ0v) is 7.51. The summed E-state index contributed by atoms with van der Waals surface area (Å²) in [6.07, 6.45) is 1.57. The van der Waals surface area contributed by atoms with Crippen molar-refractivity contribution in [2.24, 2.45) is 0 Å². The van der Waals surface area contributed by atoms with Crippen LogP contribution in [0.4, 0.5) is 0 Å². The second-order valence-corrected chi connectivity index (χ2v) is 2.63. The van der Waals surface area contributed by atoms with Gasteiger partial charge in [0, 0.05) is 6.20 Å². The molecule has 0 fully saturated rings. The molecule has 1 aromatic heterocycles. The molecule has 0 saturated carbocycles. The molecule has 0 aliphatic heterocycles. The molecule has 0 aromatic carbocycles. The van der Waals surface area contributed by atoms with Crippen LogP contribution >= 0.6 is 11.6 Å². The van der Waals surface area contributed by atoms with E-state index in [1.165, 1.54) is 7.11 Å². The van der Waals surface area contributed by atoms with Gasteiger partial charge in [0.2, 0.25) is 5.88 Å². The number of rotatable bonds is 1. The van der Waals surface area contributed by atoms with Gasteiger partial charge >= 0.3 is 0 Å². The SMILES string of the molecule is COc1ncc(C)c(Cl)c1C#N. The van der Waals surface area contributed by atoms with Crippen LogP contribution in [0.1, 0.15) is 11.1 Å². The van der Waals surface area contributed by atoms with Gasteiger partial charge in [0.1, 0.15) is 11.6 Å². The van der Waals surface area contributed by atoms with Crippen molar-refractivity contribution >= 4 is 11.6 Å². The van der Waals surface area contributed by atoms with Gasteiger partial charge in [0.15, 0.2) is 0 Å². The molecule has 0 bridgehead atoms. The van der Waals surface area contributed by atoms with Crippen LogP contribution in [0.25, 0.3) is 0 Å². The highest BCUT2D eigenvalue weighted by molar-refractivity contribution is 6.32. The fourth-order valence-corrected chi connectivity index (χ4v) is 0.991. The Morgan fingerprint density at radius 1 is 1.67 bits per heavy atom. The summed E-state index contributed by atoms with van der Waals surface area (Å²) in [6.45, 7) is 1.79. The summed E-state index contributed by atoms with van der Waals surface area (Å²) in [5, 5.41) is 9.11. The number of nitriles is 1. The van der Waals surface area contributed by atoms with Gasteiger partial charge < -0.3 is 4.74 Å². The predicted molar refractivity (Wildman–Crippen MR) is 45.3 cm³/mol. The smallest absolute Gasteiger partial charge is 0.232 e. The van der Waals surface area contributed by atoms with E-state index >= 15 is 0 Å². The molecular weight excluding hydrogens is 176 g/mol. The highest BCUT2D eigenvalue weighted by atomic mass is 35.5. The van der Waals surface area contributed by atoms with Crippen LogP contribution in [0, 0.1) is 18.3 Å². The normalized spacial score (nSPS) is 9.17. The molecule has 0 amide bonds. The zero-order valence-electron chi connectivity index (χ0n) is 6.76. The summed E-state index contributed by atoms with van der Waals surface area (Å²) in [4.78, 5) is 3.90. The van der Waals surface area contributed by atoms with E-state index in [9.17, 15) is 0 Å². The number of hydrogen-bond acceptors (Lipinski definition) is 3. The Morgan fingerprint density at radius 2 is 2.33 bits per heavy atom. The Kier molecular flexibility index (Phi) is 2.51. The Balaban J connectivity index is 3.38. The fraction of sp³-hybridized carbons (Fsp3) is 0.250. The average Bonchev–Trinajstić information content (AvgIpc) is 2.09. The number of ether oxygens (including phenoxy) is 1. The lowest BCUT2D eigenvalue weighted by atomic mass is 10.2. The van der Waals surface area contributed by atoms with Crippen molar-refractivity contribution in [2.45, 2.75) is 6.92 Å². The van der Waals surface area contributed by atoms with Crippen LogP contribution in [0.5, 0.6) is 5.88 Å². The molecule has 0 unspecified atom stereocenters. The second-order valence-electron chi connectivity index (χ2n) is 2.25. The number of aryl methyl sites for hydroxylation is 1. The summed E-state index contributed by atoms with van der Waals surface area (Å²) in [5.74, 6) is 0.271. The number of aromatic nitrogens is 1. The van der Waals surface area contributed by atoms with E-state index in [1.54, 1.807) is 13.1 Å². The van der Waals surface area contributed by atoms with Gasteiger partial charge in [-0.2, -0.15) is 5.26 Å². The summed E-state index contributed by atoms with van der Waals surface area (Å²) < 4.78 is 4.85. The van der Waals surface area contributed by atoms with Gasteiger partial charge in [-0.05, 0) is 12.5 Å². The molecule has 0 aliphatic carbocycles. The van der Waals surface area contributed by atoms with Crippen molar-refractivity contribution in [1.29, 1.82) is 5.26 Å². The maximum absolute atomic E-state index is 8.70. The minimum absolute atomic E-state index is 0.271. The van der Waals surface area contributed by atoms with Crippen LogP contribution in [-0.2, 0) is 0 Å². The van der Waals surface area contributed by atoms with Crippen molar-refractivity contribution < 1.29 is 4.74 Å². The Morgan fingerprint density at radius 3 is 2.83 bits per heavy atom. The van der Waals surface area contributed by atoms with E-state index in [-0.39, 0.29) is 5.88 Å². The first-order valence-corrected chi connectivity index (χ1v) is 3.67. The van der Waals surface area contributed by atoms with Crippen molar-refractivity contribution in [2.75, 3.05) is 7.11 Å². The highest BCUT2D eigenvalue weighted by Crippen LogP contribution is 2.25. The van der Waals surface area contributed by atoms with E-state index in [0.717, 1.165) is 5.56 Å². The molecule has 1 aromatic rings. The van der Waals surface area contributed by atoms with Gasteiger partial charge in [0.05, 0.1) is 12.1 Å². The zero-order chi connectivity index (χ0) is 9.14. The first-order chi connectivity index (χ1) is 5.70. The van der Waals surface area contributed by atoms with Crippen LogP contribution in [0.15, 0.2) is 6.20 Å². The van der Waals surface area contributed by atoms with Crippen molar-refractivity contribution in [1.82, 2.24) is 4.98 Å². The average molecular weight is 183 g/mol. The van der Waals surface area contributed by atoms with Gasteiger partial charge in [-0.3, -0.25) is 0 Å². The third-order valence-corrected chi connectivity index (χ3v) is 1.95. The lowest BCUT2D eigenvalue weighted by Crippen LogP contribution is -1.94. The molecule has 0 N–H and O–H groups in total. The van der Waals surface area contributed by atoms with Gasteiger partial charge in [-0.25, -0.2) is 4.98 Å². The van der Waals surface area contributed by atoms with E-state index < -0.39 is 0 Å². The first-order valence-electron chi connectivity index (χ1n) is 3.30. The van der Waals surface area contributed by atoms with Crippen LogP contribution < -0.4 is 4.74 Å². The Labute approximate surface area is 75.6 Å².